The number of fused-ring (bicyclic) bond motifs is 3. The Bertz CT molecular complexity index is 7450. The monoisotopic (exact) mass is 2000 g/mol. The molecule has 15 aromatic rings. The lowest BCUT2D eigenvalue weighted by Gasteiger charge is -2.30. The maximum Gasteiger partial charge on any atom is 0.258 e. The number of rotatable bonds is 30. The van der Waals surface area contributed by atoms with Crippen LogP contribution in [0, 0.1) is 5.41 Å². The van der Waals surface area contributed by atoms with Crippen molar-refractivity contribution in [3.8, 4) is 68.1 Å². The zero-order valence-electron chi connectivity index (χ0n) is 84.6. The van der Waals surface area contributed by atoms with Gasteiger partial charge in [-0.05, 0) is 195 Å². The number of aryl methyl sites for hydroxylation is 1. The summed E-state index contributed by atoms with van der Waals surface area (Å²) in [5.41, 5.74) is 17.3. The van der Waals surface area contributed by atoms with E-state index in [1.54, 1.807) is 110 Å². The van der Waals surface area contributed by atoms with E-state index in [1.807, 2.05) is 167 Å². The Morgan fingerprint density at radius 2 is 0.779 bits per heavy atom. The second-order valence-electron chi connectivity index (χ2n) is 38.6. The average molecular weight is 2000 g/mol. The number of anilines is 3. The van der Waals surface area contributed by atoms with Crippen molar-refractivity contribution in [2.75, 3.05) is 156 Å². The molecule has 0 bridgehead atoms. The molecule has 3 atom stereocenters. The summed E-state index contributed by atoms with van der Waals surface area (Å²) >= 11 is 0. The Kier molecular flexibility index (Phi) is 31.1. The average Bonchev–Trinajstić information content (AvgIpc) is 1.65. The van der Waals surface area contributed by atoms with Crippen LogP contribution in [0.2, 0.25) is 0 Å². The van der Waals surface area contributed by atoms with Crippen molar-refractivity contribution in [3.63, 3.8) is 0 Å². The van der Waals surface area contributed by atoms with E-state index in [1.165, 1.54) is 16.7 Å². The summed E-state index contributed by atoms with van der Waals surface area (Å²) in [7, 11) is 8.02. The quantitative estimate of drug-likeness (QED) is 0.0243. The first-order chi connectivity index (χ1) is 72.6. The third-order valence-electron chi connectivity index (χ3n) is 28.8. The standard InChI is InChI=1S/C39H42N8O4.C38H40N8O4.C36H37N9O3/c1-38(2,50-3)33-22-29(12-18-40-33)35-31-23-30(10-11-32(31)44-45-35)43-37(49)39(51-4)15-21-46(25-39)24-34(48)47-19-13-27(14-20-47)26-6-8-28(9-7-26)36-41-16-5-17-42-36;1-49-23-31-20-29(10-16-39-31)35-32-21-30(8-9-33(32)43-44-35)42-37(48)38(25-50-2)13-19-45(24-38)22-34(47)46-17-11-27(12-18-46)26-4-6-28(7-5-26)36-40-14-3-15-41-36;1-3-31-37-17-11-30(41-31)33-28-21-27(9-10-29(28)42-43-33)40-35(47)36(48-2)14-20-44(23-36)22-32(46)45-18-12-25(13-19-45)24-5-7-26(8-6-24)34-38-15-4-16-39-34/h5-13,16-18,22-23H,14-15,19-21,24-25H2,1-4H3,(H,43,49)(H,44,45);3-11,14-16,20-21H,12-13,17-19,22-25H2,1-2H3,(H,42,48)(H,43,44);4-12,15-17,21H,3,13-14,18-20,22-23H2,1-2H3,(H,40,47)(H,42,43)/t39-;38-;36-/m010/s1. The molecule has 3 saturated heterocycles. The van der Waals surface area contributed by atoms with Crippen molar-refractivity contribution in [2.24, 2.45) is 5.41 Å². The van der Waals surface area contributed by atoms with Crippen LogP contribution in [0.1, 0.15) is 93.2 Å². The van der Waals surface area contributed by atoms with Gasteiger partial charge in [-0.2, -0.15) is 15.3 Å². The molecule has 149 heavy (non-hydrogen) atoms. The Balaban J connectivity index is 0.000000140. The second-order valence-corrected chi connectivity index (χ2v) is 38.6. The Hall–Kier alpha value is -15.9. The summed E-state index contributed by atoms with van der Waals surface area (Å²) in [4.78, 5) is 137. The topological polar surface area (TPSA) is 419 Å². The van der Waals surface area contributed by atoms with Crippen LogP contribution >= 0.6 is 0 Å². The minimum Gasteiger partial charge on any atom is -0.384 e. The predicted octanol–water partition coefficient (Wildman–Crippen LogP) is 14.5. The molecule has 9 aromatic heterocycles. The fraction of sp³-hybridized carbons (Fsp3) is 0.319. The highest BCUT2D eigenvalue weighted by molar-refractivity contribution is 6.04. The fourth-order valence-electron chi connectivity index (χ4n) is 20.0. The molecule has 0 unspecified atom stereocenters. The molecule has 36 heteroatoms. The number of nitrogens with one attached hydrogen (secondary N) is 6. The summed E-state index contributed by atoms with van der Waals surface area (Å²) < 4.78 is 28.2. The molecule has 0 radical (unpaired) electrons. The molecule has 21 rings (SSSR count). The molecule has 3 fully saturated rings. The van der Waals surface area contributed by atoms with E-state index in [-0.39, 0.29) is 61.7 Å². The number of benzene rings is 6. The van der Waals surface area contributed by atoms with Crippen LogP contribution in [-0.2, 0) is 71.1 Å². The number of carbonyl (C=O) groups excluding carboxylic acids is 6. The van der Waals surface area contributed by atoms with Gasteiger partial charge in [0.05, 0.1) is 71.9 Å². The van der Waals surface area contributed by atoms with E-state index < -0.39 is 22.2 Å². The molecule has 6 aromatic carbocycles. The Morgan fingerprint density at radius 1 is 0.389 bits per heavy atom. The van der Waals surface area contributed by atoms with Gasteiger partial charge in [0, 0.05) is 231 Å². The van der Waals surface area contributed by atoms with E-state index in [4.69, 9.17) is 23.7 Å². The maximum absolute atomic E-state index is 13.9. The van der Waals surface area contributed by atoms with Gasteiger partial charge >= 0.3 is 0 Å². The first kappa shape index (κ1) is 102. The lowest BCUT2D eigenvalue weighted by molar-refractivity contribution is -0.138. The molecular weight excluding hydrogens is 1880 g/mol. The zero-order valence-corrected chi connectivity index (χ0v) is 84.6. The van der Waals surface area contributed by atoms with Crippen LogP contribution < -0.4 is 16.0 Å². The highest BCUT2D eigenvalue weighted by atomic mass is 16.5. The highest BCUT2D eigenvalue weighted by Crippen LogP contribution is 2.40. The van der Waals surface area contributed by atoms with Gasteiger partial charge in [0.15, 0.2) is 28.7 Å². The number of amides is 6. The van der Waals surface area contributed by atoms with Gasteiger partial charge in [-0.15, -0.1) is 0 Å². The van der Waals surface area contributed by atoms with Gasteiger partial charge in [0.1, 0.15) is 28.5 Å². The van der Waals surface area contributed by atoms with Gasteiger partial charge in [0.2, 0.25) is 23.6 Å². The van der Waals surface area contributed by atoms with Gasteiger partial charge in [-0.1, -0.05) is 97.9 Å². The number of hydrogen-bond donors (Lipinski definition) is 6. The zero-order chi connectivity index (χ0) is 103. The number of methoxy groups -OCH3 is 5. The smallest absolute Gasteiger partial charge is 0.258 e. The third-order valence-corrected chi connectivity index (χ3v) is 28.8. The van der Waals surface area contributed by atoms with Crippen molar-refractivity contribution in [3.05, 3.63) is 284 Å². The summed E-state index contributed by atoms with van der Waals surface area (Å²) in [6.45, 7) is 13.8. The number of aromatic amines is 3. The van der Waals surface area contributed by atoms with Gasteiger partial charge in [0.25, 0.3) is 11.8 Å². The minimum absolute atomic E-state index is 0.0419. The largest absolute Gasteiger partial charge is 0.384 e. The van der Waals surface area contributed by atoms with Crippen molar-refractivity contribution >= 4 is 102 Å². The molecule has 6 N–H and O–H groups in total. The molecule has 6 amide bonds. The van der Waals surface area contributed by atoms with Crippen molar-refractivity contribution in [1.29, 1.82) is 0 Å². The number of carbonyl (C=O) groups is 6. The van der Waals surface area contributed by atoms with Gasteiger partial charge in [-0.3, -0.25) is 68.7 Å². The van der Waals surface area contributed by atoms with E-state index in [0.717, 1.165) is 137 Å². The molecule has 762 valence electrons. The lowest BCUT2D eigenvalue weighted by atomic mass is 9.87. The van der Waals surface area contributed by atoms with E-state index in [0.29, 0.717) is 145 Å². The number of hydrogen-bond acceptors (Lipinski definition) is 27. The Morgan fingerprint density at radius 3 is 1.18 bits per heavy atom. The minimum atomic E-state index is -1.08. The molecule has 36 nitrogen and oxygen atoms in total. The van der Waals surface area contributed by atoms with E-state index in [2.05, 4.69) is 156 Å². The van der Waals surface area contributed by atoms with Crippen LogP contribution in [0.3, 0.4) is 0 Å². The van der Waals surface area contributed by atoms with Crippen molar-refractivity contribution in [2.45, 2.75) is 89.1 Å². The first-order valence-corrected chi connectivity index (χ1v) is 50.0. The number of pyridine rings is 2. The van der Waals surface area contributed by atoms with Crippen LogP contribution in [-0.4, -0.2) is 297 Å². The highest BCUT2D eigenvalue weighted by Gasteiger charge is 2.49. The summed E-state index contributed by atoms with van der Waals surface area (Å²) in [6.07, 6.45) is 26.6. The first-order valence-electron chi connectivity index (χ1n) is 50.0. The predicted molar refractivity (Wildman–Crippen MR) is 569 cm³/mol. The van der Waals surface area contributed by atoms with Gasteiger partial charge in [-0.25, -0.2) is 39.9 Å². The number of nitrogens with zero attached hydrogens (tertiary/aromatic N) is 19. The third kappa shape index (κ3) is 23.1. The SMILES string of the molecule is CCc1nccc(-c2n[nH]c3ccc(NC(=O)[C@]4(OC)CCN(CC(=O)N5CC=C(c6ccc(-c7ncccn7)cc6)CC5)C4)cc23)n1.COC(C)(C)c1cc(-c2n[nH]c3ccc(NC(=O)[C@]4(OC)CCN(CC(=O)N5CC=C(c6ccc(-c7ncccn7)cc6)CC5)C4)cc23)ccn1.COCc1cc(-c2n[nH]c3ccc(NC(=O)[C@]4(COC)CCN(CC(=O)N5CC=C(c6ccc(-c7ncccn7)cc6)CC5)C4)cc23)ccn1. The number of ether oxygens (including phenoxy) is 5. The van der Waals surface area contributed by atoms with Crippen LogP contribution in [0.4, 0.5) is 17.1 Å². The summed E-state index contributed by atoms with van der Waals surface area (Å²) in [6, 6.07) is 56.7. The number of H-pyrrole nitrogens is 3. The molecule has 0 spiro atoms. The maximum atomic E-state index is 13.9. The number of aromatic nitrogens is 16. The molecular formula is C113H119N25O11. The lowest BCUT2D eigenvalue weighted by Crippen LogP contribution is -2.48. The molecule has 0 aliphatic carbocycles. The van der Waals surface area contributed by atoms with Crippen molar-refractivity contribution in [1.82, 2.24) is 110 Å². The fourth-order valence-corrected chi connectivity index (χ4v) is 20.0. The Labute approximate surface area is 862 Å². The summed E-state index contributed by atoms with van der Waals surface area (Å²) in [5, 5.41) is 34.7. The molecule has 6 aliphatic rings. The molecule has 0 saturated carbocycles. The van der Waals surface area contributed by atoms with Crippen LogP contribution in [0.25, 0.3) is 117 Å². The van der Waals surface area contributed by atoms with Crippen molar-refractivity contribution < 1.29 is 52.5 Å². The van der Waals surface area contributed by atoms with Crippen LogP contribution in [0.5, 0.6) is 0 Å². The molecule has 15 heterocycles. The van der Waals surface area contributed by atoms with E-state index in [9.17, 15) is 28.8 Å². The normalized spacial score (nSPS) is 18.1. The van der Waals surface area contributed by atoms with Gasteiger partial charge < -0.3 is 54.3 Å². The van der Waals surface area contributed by atoms with Crippen LogP contribution in [0.15, 0.2) is 250 Å². The number of likely N-dealkylation sites (tertiary alicyclic amines) is 3. The molecule has 6 aliphatic heterocycles. The second kappa shape index (κ2) is 45.6. The van der Waals surface area contributed by atoms with E-state index >= 15 is 0 Å². The summed E-state index contributed by atoms with van der Waals surface area (Å²) in [5.74, 6) is 2.38.